The van der Waals surface area contributed by atoms with Gasteiger partial charge in [0.1, 0.15) is 0 Å². The Kier molecular flexibility index (Phi) is 6.10. The highest BCUT2D eigenvalue weighted by molar-refractivity contribution is 5.94. The molecule has 0 unspecified atom stereocenters. The molecular formula is C17H27N3O3. The number of hydrogen-bond donors (Lipinski definition) is 3. The van der Waals surface area contributed by atoms with E-state index in [-0.39, 0.29) is 0 Å². The Morgan fingerprint density at radius 3 is 2.52 bits per heavy atom. The zero-order chi connectivity index (χ0) is 16.7. The minimum absolute atomic E-state index is 0.412. The zero-order valence-electron chi connectivity index (χ0n) is 14.2. The number of guanidine groups is 1. The molecular weight excluding hydrogens is 294 g/mol. The molecule has 1 aromatic rings. The fourth-order valence-corrected chi connectivity index (χ4v) is 2.78. The summed E-state index contributed by atoms with van der Waals surface area (Å²) in [4.78, 5) is 4.53. The van der Waals surface area contributed by atoms with Crippen LogP contribution in [0.25, 0.3) is 0 Å². The molecule has 0 bridgehead atoms. The van der Waals surface area contributed by atoms with Gasteiger partial charge in [0, 0.05) is 18.3 Å². The van der Waals surface area contributed by atoms with Gasteiger partial charge in [0.15, 0.2) is 17.5 Å². The van der Waals surface area contributed by atoms with E-state index >= 15 is 0 Å². The van der Waals surface area contributed by atoms with Crippen LogP contribution in [-0.4, -0.2) is 44.0 Å². The summed E-state index contributed by atoms with van der Waals surface area (Å²) in [5.74, 6) is 1.99. The fourth-order valence-electron chi connectivity index (χ4n) is 2.78. The van der Waals surface area contributed by atoms with Crippen LogP contribution in [-0.2, 0) is 0 Å². The predicted octanol–water partition coefficient (Wildman–Crippen LogP) is 2.39. The zero-order valence-corrected chi connectivity index (χ0v) is 14.2. The van der Waals surface area contributed by atoms with Gasteiger partial charge in [-0.05, 0) is 31.9 Å². The van der Waals surface area contributed by atoms with E-state index in [2.05, 4.69) is 15.6 Å². The third-order valence-electron chi connectivity index (χ3n) is 4.06. The van der Waals surface area contributed by atoms with Crippen LogP contribution < -0.4 is 20.1 Å². The molecule has 6 nitrogen and oxygen atoms in total. The van der Waals surface area contributed by atoms with E-state index in [0.29, 0.717) is 24.0 Å². The highest BCUT2D eigenvalue weighted by Gasteiger charge is 2.30. The number of nitrogens with one attached hydrogen (secondary N) is 2. The molecule has 23 heavy (non-hydrogen) atoms. The van der Waals surface area contributed by atoms with Gasteiger partial charge in [-0.3, -0.25) is 4.99 Å². The third kappa shape index (κ3) is 4.76. The van der Waals surface area contributed by atoms with E-state index < -0.39 is 5.60 Å². The van der Waals surface area contributed by atoms with Crippen LogP contribution >= 0.6 is 0 Å². The first-order valence-corrected chi connectivity index (χ1v) is 8.10. The first-order valence-electron chi connectivity index (χ1n) is 8.10. The molecule has 0 aliphatic heterocycles. The largest absolute Gasteiger partial charge is 0.493 e. The molecule has 3 N–H and O–H groups in total. The standard InChI is InChI=1S/C17H27N3O3/c1-4-18-16(19-12-17(21)9-5-6-10-17)20-13-7-8-14(22-2)15(11-13)23-3/h7-8,11,21H,4-6,9-10,12H2,1-3H3,(H2,18,19,20). The van der Waals surface area contributed by atoms with Crippen LogP contribution in [0.3, 0.4) is 0 Å². The number of ether oxygens (including phenoxy) is 2. The van der Waals surface area contributed by atoms with E-state index in [4.69, 9.17) is 9.47 Å². The van der Waals surface area contributed by atoms with Crippen molar-refractivity contribution in [3.63, 3.8) is 0 Å². The van der Waals surface area contributed by atoms with E-state index in [1.807, 2.05) is 25.1 Å². The smallest absolute Gasteiger partial charge is 0.195 e. The average molecular weight is 321 g/mol. The van der Waals surface area contributed by atoms with Crippen molar-refractivity contribution in [1.82, 2.24) is 5.32 Å². The summed E-state index contributed by atoms with van der Waals surface area (Å²) in [6, 6.07) is 5.60. The summed E-state index contributed by atoms with van der Waals surface area (Å²) >= 11 is 0. The van der Waals surface area contributed by atoms with E-state index in [1.165, 1.54) is 0 Å². The van der Waals surface area contributed by atoms with Crippen molar-refractivity contribution in [1.29, 1.82) is 0 Å². The van der Waals surface area contributed by atoms with Crippen LogP contribution in [0.1, 0.15) is 32.6 Å². The number of rotatable bonds is 6. The highest BCUT2D eigenvalue weighted by atomic mass is 16.5. The lowest BCUT2D eigenvalue weighted by Crippen LogP contribution is -2.34. The molecule has 1 saturated carbocycles. The Hall–Kier alpha value is -1.95. The second kappa shape index (κ2) is 8.06. The van der Waals surface area contributed by atoms with Crippen molar-refractivity contribution in [2.45, 2.75) is 38.2 Å². The minimum Gasteiger partial charge on any atom is -0.493 e. The molecule has 0 radical (unpaired) electrons. The molecule has 0 heterocycles. The van der Waals surface area contributed by atoms with Crippen molar-refractivity contribution in [2.75, 3.05) is 32.6 Å². The molecule has 1 aliphatic carbocycles. The number of benzene rings is 1. The predicted molar refractivity (Wildman–Crippen MR) is 92.6 cm³/mol. The Morgan fingerprint density at radius 1 is 1.22 bits per heavy atom. The molecule has 2 rings (SSSR count). The van der Waals surface area contributed by atoms with Crippen LogP contribution in [0, 0.1) is 0 Å². The number of methoxy groups -OCH3 is 2. The average Bonchev–Trinajstić information content (AvgIpc) is 3.00. The third-order valence-corrected chi connectivity index (χ3v) is 4.06. The Balaban J connectivity index is 2.09. The number of anilines is 1. The number of aliphatic hydroxyl groups is 1. The van der Waals surface area contributed by atoms with Gasteiger partial charge in [-0.15, -0.1) is 0 Å². The lowest BCUT2D eigenvalue weighted by molar-refractivity contribution is 0.0575. The van der Waals surface area contributed by atoms with Gasteiger partial charge in [-0.25, -0.2) is 0 Å². The molecule has 6 heteroatoms. The summed E-state index contributed by atoms with van der Waals surface area (Å²) < 4.78 is 10.6. The second-order valence-electron chi connectivity index (χ2n) is 5.82. The Morgan fingerprint density at radius 2 is 1.91 bits per heavy atom. The summed E-state index contributed by atoms with van der Waals surface area (Å²) in [6.07, 6.45) is 3.80. The number of nitrogens with zero attached hydrogens (tertiary/aromatic N) is 1. The van der Waals surface area contributed by atoms with Gasteiger partial charge in [0.25, 0.3) is 0 Å². The van der Waals surface area contributed by atoms with Crippen LogP contribution in [0.15, 0.2) is 23.2 Å². The maximum Gasteiger partial charge on any atom is 0.195 e. The van der Waals surface area contributed by atoms with Gasteiger partial charge in [0.2, 0.25) is 0 Å². The Bertz CT molecular complexity index is 540. The molecule has 0 saturated heterocycles. The van der Waals surface area contributed by atoms with Crippen molar-refractivity contribution < 1.29 is 14.6 Å². The molecule has 128 valence electrons. The Labute approximate surface area is 137 Å². The lowest BCUT2D eigenvalue weighted by Gasteiger charge is -2.20. The van der Waals surface area contributed by atoms with Gasteiger partial charge >= 0.3 is 0 Å². The fraction of sp³-hybridized carbons (Fsp3) is 0.588. The van der Waals surface area contributed by atoms with E-state index in [9.17, 15) is 5.11 Å². The van der Waals surface area contributed by atoms with E-state index in [1.54, 1.807) is 14.2 Å². The first-order chi connectivity index (χ1) is 11.1. The minimum atomic E-state index is -0.653. The van der Waals surface area contributed by atoms with Gasteiger partial charge in [-0.2, -0.15) is 0 Å². The van der Waals surface area contributed by atoms with Crippen LogP contribution in [0.5, 0.6) is 11.5 Å². The summed E-state index contributed by atoms with van der Waals surface area (Å²) in [5, 5.41) is 16.9. The quantitative estimate of drug-likeness (QED) is 0.554. The number of hydrogen-bond acceptors (Lipinski definition) is 4. The van der Waals surface area contributed by atoms with Gasteiger partial charge < -0.3 is 25.2 Å². The highest BCUT2D eigenvalue weighted by Crippen LogP contribution is 2.30. The second-order valence-corrected chi connectivity index (χ2v) is 5.82. The maximum absolute atomic E-state index is 10.4. The van der Waals surface area contributed by atoms with Crippen molar-refractivity contribution in [3.8, 4) is 11.5 Å². The first kappa shape index (κ1) is 17.4. The molecule has 0 aromatic heterocycles. The molecule has 1 aromatic carbocycles. The van der Waals surface area contributed by atoms with E-state index in [0.717, 1.165) is 37.9 Å². The summed E-state index contributed by atoms with van der Waals surface area (Å²) in [5.41, 5.74) is 0.195. The topological polar surface area (TPSA) is 75.1 Å². The molecule has 0 atom stereocenters. The number of aliphatic imine (C=N–C) groups is 1. The van der Waals surface area contributed by atoms with Crippen LogP contribution in [0.2, 0.25) is 0 Å². The van der Waals surface area contributed by atoms with Gasteiger partial charge in [-0.1, -0.05) is 12.8 Å². The lowest BCUT2D eigenvalue weighted by atomic mass is 10.0. The van der Waals surface area contributed by atoms with Crippen LogP contribution in [0.4, 0.5) is 5.69 Å². The molecule has 0 amide bonds. The van der Waals surface area contributed by atoms with Crippen molar-refractivity contribution in [2.24, 2.45) is 4.99 Å². The van der Waals surface area contributed by atoms with Crippen molar-refractivity contribution >= 4 is 11.6 Å². The van der Waals surface area contributed by atoms with Crippen molar-refractivity contribution in [3.05, 3.63) is 18.2 Å². The monoisotopic (exact) mass is 321 g/mol. The summed E-state index contributed by atoms with van der Waals surface area (Å²) in [6.45, 7) is 3.17. The SMILES string of the molecule is CCNC(=NCC1(O)CCCC1)Nc1ccc(OC)c(OC)c1. The summed E-state index contributed by atoms with van der Waals surface area (Å²) in [7, 11) is 3.22. The molecule has 1 fully saturated rings. The molecule has 0 spiro atoms. The normalized spacial score (nSPS) is 17.0. The molecule has 1 aliphatic rings. The van der Waals surface area contributed by atoms with Gasteiger partial charge in [0.05, 0.1) is 26.4 Å². The maximum atomic E-state index is 10.4.